The lowest BCUT2D eigenvalue weighted by atomic mass is 10.1. The number of aromatic nitrogens is 3. The Balaban J connectivity index is 2.28. The number of carboxylic acids is 1. The van der Waals surface area contributed by atoms with E-state index >= 15 is 0 Å². The third kappa shape index (κ3) is 3.29. The topological polar surface area (TPSA) is 105 Å². The highest BCUT2D eigenvalue weighted by Crippen LogP contribution is 2.23. The molecule has 7 nitrogen and oxygen atoms in total. The van der Waals surface area contributed by atoms with Crippen LogP contribution in [0.3, 0.4) is 0 Å². The highest BCUT2D eigenvalue weighted by Gasteiger charge is 2.14. The number of fused-ring (bicyclic) bond motifs is 1. The molecule has 128 valence electrons. The maximum absolute atomic E-state index is 13.6. The average Bonchev–Trinajstić information content (AvgIpc) is 2.99. The van der Waals surface area contributed by atoms with Gasteiger partial charge in [-0.2, -0.15) is 5.10 Å². The van der Waals surface area contributed by atoms with Crippen molar-refractivity contribution in [1.82, 2.24) is 14.6 Å². The quantitative estimate of drug-likeness (QED) is 0.732. The molecule has 0 aliphatic carbocycles. The Labute approximate surface area is 144 Å². The van der Waals surface area contributed by atoms with Crippen molar-refractivity contribution in [2.75, 3.05) is 0 Å². The zero-order chi connectivity index (χ0) is 18.1. The molecule has 25 heavy (non-hydrogen) atoms. The Hall–Kier alpha value is -3.00. The molecule has 0 aliphatic heterocycles. The van der Waals surface area contributed by atoms with Crippen LogP contribution in [0.1, 0.15) is 12.8 Å². The zero-order valence-corrected chi connectivity index (χ0v) is 13.4. The number of aliphatic hydroxyl groups is 1. The summed E-state index contributed by atoms with van der Waals surface area (Å²) in [5, 5.41) is 22.8. The molecule has 0 saturated heterocycles. The van der Waals surface area contributed by atoms with Crippen molar-refractivity contribution in [3.05, 3.63) is 56.9 Å². The molecule has 0 saturated carbocycles. The standard InChI is InChI=1S/C16H11ClFN3O4/c17-9-3-8(4-10(18)5-9)11-6-13(23)15(12(22)1-2-14(24)25)16-19-7-20-21(11)16/h3-7,22H,1-2H2,(H,24,25)/b15-12-. The van der Waals surface area contributed by atoms with Gasteiger partial charge >= 0.3 is 5.97 Å². The van der Waals surface area contributed by atoms with Crippen molar-refractivity contribution in [1.29, 1.82) is 0 Å². The van der Waals surface area contributed by atoms with Gasteiger partial charge in [-0.25, -0.2) is 13.9 Å². The van der Waals surface area contributed by atoms with Crippen LogP contribution in [0.15, 0.2) is 35.4 Å². The summed E-state index contributed by atoms with van der Waals surface area (Å²) < 4.78 is 14.9. The first-order valence-electron chi connectivity index (χ1n) is 7.14. The Morgan fingerprint density at radius 2 is 1.96 bits per heavy atom. The SMILES string of the molecule is O=C(O)CC/C(O)=c1\c(=O)cc(-c2cc(F)cc(Cl)c2)n2ncnc12. The summed E-state index contributed by atoms with van der Waals surface area (Å²) in [5.74, 6) is -2.08. The Morgan fingerprint density at radius 1 is 1.20 bits per heavy atom. The molecule has 0 amide bonds. The second kappa shape index (κ2) is 6.48. The van der Waals surface area contributed by atoms with E-state index in [2.05, 4.69) is 10.1 Å². The van der Waals surface area contributed by atoms with Crippen molar-refractivity contribution in [2.24, 2.45) is 0 Å². The fraction of sp³-hybridized carbons (Fsp3) is 0.125. The second-order valence-electron chi connectivity index (χ2n) is 5.26. The van der Waals surface area contributed by atoms with Gasteiger partial charge in [0.1, 0.15) is 23.1 Å². The fourth-order valence-electron chi connectivity index (χ4n) is 2.48. The molecule has 2 aromatic heterocycles. The number of halogens is 2. The Bertz CT molecular complexity index is 1080. The molecule has 0 bridgehead atoms. The summed E-state index contributed by atoms with van der Waals surface area (Å²) in [7, 11) is 0. The van der Waals surface area contributed by atoms with E-state index in [-0.39, 0.29) is 34.4 Å². The normalized spacial score (nSPS) is 12.4. The number of aliphatic carboxylic acids is 1. The van der Waals surface area contributed by atoms with E-state index in [4.69, 9.17) is 16.7 Å². The number of carbonyl (C=O) groups is 1. The van der Waals surface area contributed by atoms with Gasteiger partial charge in [-0.15, -0.1) is 0 Å². The van der Waals surface area contributed by atoms with Crippen molar-refractivity contribution in [3.63, 3.8) is 0 Å². The summed E-state index contributed by atoms with van der Waals surface area (Å²) in [4.78, 5) is 27.1. The molecule has 0 radical (unpaired) electrons. The Kier molecular flexibility index (Phi) is 4.37. The first kappa shape index (κ1) is 16.8. The summed E-state index contributed by atoms with van der Waals surface area (Å²) in [6.07, 6.45) is 0.609. The molecule has 0 spiro atoms. The van der Waals surface area contributed by atoms with Crippen LogP contribution in [-0.2, 0) is 4.79 Å². The fourth-order valence-corrected chi connectivity index (χ4v) is 2.71. The summed E-state index contributed by atoms with van der Waals surface area (Å²) >= 11 is 5.85. The van der Waals surface area contributed by atoms with Crippen LogP contribution in [0, 0.1) is 5.82 Å². The van der Waals surface area contributed by atoms with E-state index in [0.29, 0.717) is 5.56 Å². The average molecular weight is 364 g/mol. The van der Waals surface area contributed by atoms with Gasteiger partial charge in [-0.05, 0) is 18.2 Å². The predicted octanol–water partition coefficient (Wildman–Crippen LogP) is 1.80. The predicted molar refractivity (Wildman–Crippen MR) is 87.8 cm³/mol. The van der Waals surface area contributed by atoms with Crippen molar-refractivity contribution in [3.8, 4) is 11.3 Å². The summed E-state index contributed by atoms with van der Waals surface area (Å²) in [5.41, 5.74) is 0.0207. The molecule has 3 aromatic rings. The third-order valence-corrected chi connectivity index (χ3v) is 3.75. The van der Waals surface area contributed by atoms with E-state index < -0.39 is 23.0 Å². The molecule has 2 heterocycles. The zero-order valence-electron chi connectivity index (χ0n) is 12.6. The number of benzene rings is 1. The van der Waals surface area contributed by atoms with Gasteiger partial charge in [-0.1, -0.05) is 11.6 Å². The van der Waals surface area contributed by atoms with Crippen molar-refractivity contribution in [2.45, 2.75) is 12.8 Å². The second-order valence-corrected chi connectivity index (χ2v) is 5.70. The maximum Gasteiger partial charge on any atom is 0.303 e. The number of rotatable bonds is 4. The van der Waals surface area contributed by atoms with Gasteiger partial charge in [0.15, 0.2) is 11.1 Å². The molecule has 1 aromatic carbocycles. The van der Waals surface area contributed by atoms with Gasteiger partial charge < -0.3 is 10.2 Å². The van der Waals surface area contributed by atoms with E-state index in [1.54, 1.807) is 0 Å². The van der Waals surface area contributed by atoms with E-state index in [1.807, 2.05) is 0 Å². The molecule has 0 fully saturated rings. The first-order valence-corrected chi connectivity index (χ1v) is 7.52. The minimum absolute atomic E-state index is 0.0470. The van der Waals surface area contributed by atoms with E-state index in [9.17, 15) is 19.1 Å². The lowest BCUT2D eigenvalue weighted by Gasteiger charge is -2.06. The molecule has 0 atom stereocenters. The molecule has 3 rings (SSSR count). The molecular weight excluding hydrogens is 353 g/mol. The third-order valence-electron chi connectivity index (χ3n) is 3.54. The van der Waals surface area contributed by atoms with E-state index in [0.717, 1.165) is 6.07 Å². The lowest BCUT2D eigenvalue weighted by Crippen LogP contribution is -2.30. The largest absolute Gasteiger partial charge is 0.511 e. The van der Waals surface area contributed by atoms with Gasteiger partial charge in [0.05, 0.1) is 12.1 Å². The summed E-state index contributed by atoms with van der Waals surface area (Å²) in [6, 6.07) is 4.95. The van der Waals surface area contributed by atoms with Gasteiger partial charge in [0, 0.05) is 23.1 Å². The highest BCUT2D eigenvalue weighted by atomic mass is 35.5. The first-order chi connectivity index (χ1) is 11.9. The number of carboxylic acid groups (broad SMARTS) is 1. The van der Waals surface area contributed by atoms with Crippen molar-refractivity contribution < 1.29 is 19.4 Å². The number of aliphatic hydroxyl groups excluding tert-OH is 1. The van der Waals surface area contributed by atoms with Crippen LogP contribution in [0.4, 0.5) is 4.39 Å². The van der Waals surface area contributed by atoms with Crippen LogP contribution in [-0.4, -0.2) is 30.8 Å². The molecule has 0 unspecified atom stereocenters. The lowest BCUT2D eigenvalue weighted by molar-refractivity contribution is -0.136. The smallest absolute Gasteiger partial charge is 0.303 e. The van der Waals surface area contributed by atoms with E-state index in [1.165, 1.54) is 29.0 Å². The molecule has 9 heteroatoms. The minimum atomic E-state index is -1.11. The number of hydrogen-bond donors (Lipinski definition) is 2. The molecule has 0 aliphatic rings. The Morgan fingerprint density at radius 3 is 2.64 bits per heavy atom. The van der Waals surface area contributed by atoms with Crippen molar-refractivity contribution >= 4 is 29.0 Å². The number of nitrogens with zero attached hydrogens (tertiary/aromatic N) is 3. The van der Waals surface area contributed by atoms with Gasteiger partial charge in [0.2, 0.25) is 0 Å². The monoisotopic (exact) mass is 363 g/mol. The van der Waals surface area contributed by atoms with Crippen LogP contribution >= 0.6 is 11.6 Å². The number of pyridine rings is 1. The molecular formula is C16H11ClFN3O4. The van der Waals surface area contributed by atoms with Crippen LogP contribution in [0.25, 0.3) is 22.7 Å². The minimum Gasteiger partial charge on any atom is -0.511 e. The summed E-state index contributed by atoms with van der Waals surface area (Å²) in [6.45, 7) is 0. The van der Waals surface area contributed by atoms with Crippen LogP contribution < -0.4 is 10.6 Å². The van der Waals surface area contributed by atoms with Gasteiger partial charge in [-0.3, -0.25) is 9.59 Å². The van der Waals surface area contributed by atoms with Crippen LogP contribution in [0.5, 0.6) is 0 Å². The highest BCUT2D eigenvalue weighted by molar-refractivity contribution is 6.30. The number of hydrogen-bond acceptors (Lipinski definition) is 5. The van der Waals surface area contributed by atoms with Crippen LogP contribution in [0.2, 0.25) is 5.02 Å². The molecule has 2 N–H and O–H groups in total. The van der Waals surface area contributed by atoms with Gasteiger partial charge in [0.25, 0.3) is 0 Å². The maximum atomic E-state index is 13.6.